The molecule has 3 fully saturated rings. The second-order valence-corrected chi connectivity index (χ2v) is 12.6. The molecule has 6 nitrogen and oxygen atoms in total. The highest BCUT2D eigenvalue weighted by atomic mass is 19.1. The van der Waals surface area contributed by atoms with Gasteiger partial charge in [0, 0.05) is 30.8 Å². The summed E-state index contributed by atoms with van der Waals surface area (Å²) >= 11 is 0. The van der Waals surface area contributed by atoms with Crippen molar-refractivity contribution in [3.63, 3.8) is 0 Å². The number of fused-ring (bicyclic) bond motifs is 5. The lowest BCUT2D eigenvalue weighted by Crippen LogP contribution is -2.68. The number of aliphatic carboxylic acids is 1. The van der Waals surface area contributed by atoms with Crippen molar-refractivity contribution in [1.29, 1.82) is 0 Å². The number of aliphatic hydroxyl groups is 1. The van der Waals surface area contributed by atoms with Crippen LogP contribution in [0, 0.1) is 34.5 Å². The van der Waals surface area contributed by atoms with E-state index in [0.717, 1.165) is 6.42 Å². The van der Waals surface area contributed by atoms with Crippen LogP contribution in [0.15, 0.2) is 54.1 Å². The first kappa shape index (κ1) is 28.1. The van der Waals surface area contributed by atoms with Crippen LogP contribution in [-0.2, 0) is 16.0 Å². The highest BCUT2D eigenvalue weighted by Gasteiger charge is 2.72. The molecule has 8 heteroatoms. The van der Waals surface area contributed by atoms with E-state index >= 15 is 8.78 Å². The van der Waals surface area contributed by atoms with Crippen LogP contribution in [0.25, 0.3) is 0 Å². The Morgan fingerprint density at radius 1 is 1.15 bits per heavy atom. The molecule has 0 aliphatic heterocycles. The third-order valence-corrected chi connectivity index (χ3v) is 10.6. The standard InChI is InChI=1S/C31H39F2NO5/c1-29-17-27(36)31(33)24(15-26(32)25-14-21(35)10-11-30(25,31)2)23(29)13-20(22(29)16-28(37)38)18-34(39)12-6-9-19-7-4-3-5-8-19/h3-5,7-8,10-11,14,20,22-24,26-27,36,39H,6,9,12-13,15-18H2,1-2H3,(H,37,38)/t20-,22?,23-,24-,26-,27-,29+,30-,31-/m0/s1. The van der Waals surface area contributed by atoms with Gasteiger partial charge in [0.15, 0.2) is 11.5 Å². The summed E-state index contributed by atoms with van der Waals surface area (Å²) in [5.41, 5.74) is -3.15. The predicted molar refractivity (Wildman–Crippen MR) is 141 cm³/mol. The molecule has 0 amide bonds. The minimum Gasteiger partial charge on any atom is -0.481 e. The molecule has 1 unspecified atom stereocenters. The van der Waals surface area contributed by atoms with Crippen molar-refractivity contribution in [2.24, 2.45) is 34.5 Å². The number of carboxylic acid groups (broad SMARTS) is 1. The van der Waals surface area contributed by atoms with Crippen LogP contribution in [0.3, 0.4) is 0 Å². The monoisotopic (exact) mass is 543 g/mol. The van der Waals surface area contributed by atoms with Crippen molar-refractivity contribution in [2.45, 2.75) is 70.3 Å². The smallest absolute Gasteiger partial charge is 0.303 e. The van der Waals surface area contributed by atoms with Gasteiger partial charge in [0.2, 0.25) is 0 Å². The lowest BCUT2D eigenvalue weighted by Gasteiger charge is -2.62. The van der Waals surface area contributed by atoms with Crippen LogP contribution in [0.4, 0.5) is 8.78 Å². The van der Waals surface area contributed by atoms with Crippen molar-refractivity contribution in [3.8, 4) is 0 Å². The van der Waals surface area contributed by atoms with E-state index in [0.29, 0.717) is 19.4 Å². The maximum absolute atomic E-state index is 17.4. The van der Waals surface area contributed by atoms with Crippen LogP contribution >= 0.6 is 0 Å². The molecular formula is C31H39F2NO5. The largest absolute Gasteiger partial charge is 0.481 e. The first-order valence-electron chi connectivity index (χ1n) is 14.1. The van der Waals surface area contributed by atoms with Crippen LogP contribution in [-0.4, -0.2) is 63.3 Å². The molecule has 0 spiro atoms. The number of carboxylic acids is 1. The minimum absolute atomic E-state index is 0.0418. The first-order chi connectivity index (χ1) is 18.4. The molecule has 0 bridgehead atoms. The van der Waals surface area contributed by atoms with E-state index < -0.39 is 46.6 Å². The molecule has 4 aliphatic rings. The van der Waals surface area contributed by atoms with Crippen LogP contribution < -0.4 is 0 Å². The average Bonchev–Trinajstić information content (AvgIpc) is 3.13. The summed E-state index contributed by atoms with van der Waals surface area (Å²) in [5.74, 6) is -3.26. The molecule has 1 aromatic carbocycles. The average molecular weight is 544 g/mol. The van der Waals surface area contributed by atoms with Gasteiger partial charge >= 0.3 is 5.97 Å². The molecule has 5 rings (SSSR count). The molecular weight excluding hydrogens is 504 g/mol. The van der Waals surface area contributed by atoms with E-state index in [1.807, 2.05) is 37.3 Å². The Labute approximate surface area is 228 Å². The van der Waals surface area contributed by atoms with Gasteiger partial charge < -0.3 is 15.4 Å². The highest BCUT2D eigenvalue weighted by molar-refractivity contribution is 6.01. The van der Waals surface area contributed by atoms with E-state index in [1.165, 1.54) is 28.9 Å². The van der Waals surface area contributed by atoms with Gasteiger partial charge in [0.1, 0.15) is 6.17 Å². The summed E-state index contributed by atoms with van der Waals surface area (Å²) in [5, 5.41) is 33.3. The van der Waals surface area contributed by atoms with Gasteiger partial charge in [-0.2, -0.15) is 5.06 Å². The van der Waals surface area contributed by atoms with E-state index in [1.54, 1.807) is 6.92 Å². The number of allylic oxidation sites excluding steroid dienone is 4. The third kappa shape index (κ3) is 4.58. The molecule has 0 aromatic heterocycles. The number of aryl methyl sites for hydroxylation is 1. The second kappa shape index (κ2) is 10.2. The Bertz CT molecular complexity index is 1170. The third-order valence-electron chi connectivity index (χ3n) is 10.6. The Morgan fingerprint density at radius 3 is 2.56 bits per heavy atom. The highest BCUT2D eigenvalue weighted by Crippen LogP contribution is 2.70. The van der Waals surface area contributed by atoms with Gasteiger partial charge in [-0.3, -0.25) is 9.59 Å². The Hall–Kier alpha value is -2.42. The van der Waals surface area contributed by atoms with Gasteiger partial charge in [-0.15, -0.1) is 0 Å². The van der Waals surface area contributed by atoms with Crippen molar-refractivity contribution in [1.82, 2.24) is 5.06 Å². The zero-order valence-electron chi connectivity index (χ0n) is 22.6. The number of benzene rings is 1. The predicted octanol–water partition coefficient (Wildman–Crippen LogP) is 4.95. The van der Waals surface area contributed by atoms with Crippen LogP contribution in [0.1, 0.15) is 51.5 Å². The zero-order valence-corrected chi connectivity index (χ0v) is 22.6. The number of ketones is 1. The number of hydroxylamine groups is 2. The fourth-order valence-corrected chi connectivity index (χ4v) is 8.74. The van der Waals surface area contributed by atoms with Gasteiger partial charge in [0.05, 0.1) is 6.10 Å². The first-order valence-corrected chi connectivity index (χ1v) is 14.1. The maximum atomic E-state index is 17.4. The van der Waals surface area contributed by atoms with Crippen LogP contribution in [0.5, 0.6) is 0 Å². The zero-order chi connectivity index (χ0) is 28.2. The fourth-order valence-electron chi connectivity index (χ4n) is 8.74. The fraction of sp³-hybridized carbons (Fsp3) is 0.613. The Morgan fingerprint density at radius 2 is 1.87 bits per heavy atom. The molecule has 0 saturated heterocycles. The molecule has 4 aliphatic carbocycles. The summed E-state index contributed by atoms with van der Waals surface area (Å²) in [4.78, 5) is 24.0. The van der Waals surface area contributed by atoms with E-state index in [4.69, 9.17) is 0 Å². The summed E-state index contributed by atoms with van der Waals surface area (Å²) < 4.78 is 33.0. The molecule has 0 radical (unpaired) electrons. The summed E-state index contributed by atoms with van der Waals surface area (Å²) in [6, 6.07) is 9.95. The maximum Gasteiger partial charge on any atom is 0.303 e. The SMILES string of the molecule is C[C@]12C=CC(=O)C=C1[C@@H](F)C[C@H]1[C@@H]3C[C@@H](CN(O)CCCc4ccccc4)C(CC(=O)O)[C@@]3(C)C[C@H](O)[C@@]12F. The summed E-state index contributed by atoms with van der Waals surface area (Å²) in [6.45, 7) is 4.11. The van der Waals surface area contributed by atoms with Gasteiger partial charge in [-0.25, -0.2) is 8.78 Å². The molecule has 3 N–H and O–H groups in total. The second-order valence-electron chi connectivity index (χ2n) is 12.6. The molecule has 212 valence electrons. The quantitative estimate of drug-likeness (QED) is 0.402. The van der Waals surface area contributed by atoms with Crippen molar-refractivity contribution < 1.29 is 33.8 Å². The van der Waals surface area contributed by atoms with Gasteiger partial charge in [0.25, 0.3) is 0 Å². The van der Waals surface area contributed by atoms with E-state index in [9.17, 15) is 25.0 Å². The minimum atomic E-state index is -2.19. The normalized spacial score (nSPS) is 41.1. The van der Waals surface area contributed by atoms with Crippen molar-refractivity contribution in [3.05, 3.63) is 59.7 Å². The molecule has 9 atom stereocenters. The van der Waals surface area contributed by atoms with Gasteiger partial charge in [-0.05, 0) is 85.5 Å². The number of aliphatic hydroxyl groups excluding tert-OH is 1. The number of hydrogen-bond donors (Lipinski definition) is 3. The number of nitrogens with zero attached hydrogens (tertiary/aromatic N) is 1. The number of halogens is 2. The summed E-state index contributed by atoms with van der Waals surface area (Å²) in [6.07, 6.45) is 2.53. The number of carbonyl (C=O) groups excluding carboxylic acids is 1. The van der Waals surface area contributed by atoms with Crippen molar-refractivity contribution >= 4 is 11.8 Å². The number of hydrogen-bond acceptors (Lipinski definition) is 5. The van der Waals surface area contributed by atoms with Crippen LogP contribution in [0.2, 0.25) is 0 Å². The van der Waals surface area contributed by atoms with E-state index in [2.05, 4.69) is 0 Å². The number of alkyl halides is 2. The molecule has 1 aromatic rings. The van der Waals surface area contributed by atoms with Crippen molar-refractivity contribution in [2.75, 3.05) is 13.1 Å². The lowest BCUT2D eigenvalue weighted by molar-refractivity contribution is -0.202. The summed E-state index contributed by atoms with van der Waals surface area (Å²) in [7, 11) is 0. The molecule has 39 heavy (non-hydrogen) atoms. The Kier molecular flexibility index (Phi) is 7.36. The van der Waals surface area contributed by atoms with E-state index in [-0.39, 0.29) is 49.0 Å². The molecule has 0 heterocycles. The number of rotatable bonds is 8. The molecule has 3 saturated carbocycles. The lowest BCUT2D eigenvalue weighted by atomic mass is 9.45. The number of carbonyl (C=O) groups is 2. The Balaban J connectivity index is 1.40. The van der Waals surface area contributed by atoms with Gasteiger partial charge in [-0.1, -0.05) is 43.3 Å². The topological polar surface area (TPSA) is 98.1 Å².